The fourth-order valence-corrected chi connectivity index (χ4v) is 3.06. The molecule has 5 heteroatoms. The van der Waals surface area contributed by atoms with E-state index in [0.29, 0.717) is 0 Å². The summed E-state index contributed by atoms with van der Waals surface area (Å²) in [4.78, 5) is 4.32. The van der Waals surface area contributed by atoms with Crippen LogP contribution in [0.4, 0.5) is 5.95 Å². The molecule has 2 heterocycles. The SMILES string of the molecule is COCCn1ccnc1NCC1CCCS1. The molecule has 0 aromatic carbocycles. The minimum atomic E-state index is 0.725. The first-order valence-electron chi connectivity index (χ1n) is 5.75. The van der Waals surface area contributed by atoms with Gasteiger partial charge in [-0.15, -0.1) is 0 Å². The first kappa shape index (κ1) is 11.8. The van der Waals surface area contributed by atoms with Crippen molar-refractivity contribution in [3.05, 3.63) is 12.4 Å². The number of ether oxygens (including phenoxy) is 1. The third kappa shape index (κ3) is 3.15. The number of hydrogen-bond donors (Lipinski definition) is 1. The van der Waals surface area contributed by atoms with Crippen LogP contribution in [0.15, 0.2) is 12.4 Å². The quantitative estimate of drug-likeness (QED) is 0.825. The highest BCUT2D eigenvalue weighted by atomic mass is 32.2. The third-order valence-electron chi connectivity index (χ3n) is 2.76. The highest BCUT2D eigenvalue weighted by molar-refractivity contribution is 8.00. The lowest BCUT2D eigenvalue weighted by Gasteiger charge is -2.12. The minimum Gasteiger partial charge on any atom is -0.383 e. The van der Waals surface area contributed by atoms with E-state index in [4.69, 9.17) is 4.74 Å². The molecule has 1 aromatic rings. The minimum absolute atomic E-state index is 0.725. The molecule has 0 radical (unpaired) electrons. The van der Waals surface area contributed by atoms with Gasteiger partial charge in [-0.2, -0.15) is 11.8 Å². The molecule has 2 rings (SSSR count). The van der Waals surface area contributed by atoms with Crippen LogP contribution >= 0.6 is 11.8 Å². The molecule has 0 bridgehead atoms. The van der Waals surface area contributed by atoms with Crippen LogP contribution in [0.3, 0.4) is 0 Å². The van der Waals surface area contributed by atoms with E-state index in [1.807, 2.05) is 12.4 Å². The molecule has 90 valence electrons. The van der Waals surface area contributed by atoms with Crippen LogP contribution in [0.5, 0.6) is 0 Å². The molecule has 4 nitrogen and oxygen atoms in total. The maximum atomic E-state index is 5.07. The van der Waals surface area contributed by atoms with Gasteiger partial charge in [0.1, 0.15) is 0 Å². The summed E-state index contributed by atoms with van der Waals surface area (Å²) in [7, 11) is 1.72. The Balaban J connectivity index is 1.80. The van der Waals surface area contributed by atoms with Crippen molar-refractivity contribution in [2.75, 3.05) is 31.3 Å². The Labute approximate surface area is 101 Å². The number of imidazole rings is 1. The van der Waals surface area contributed by atoms with Gasteiger partial charge >= 0.3 is 0 Å². The Hall–Kier alpha value is -0.680. The topological polar surface area (TPSA) is 39.1 Å². The van der Waals surface area contributed by atoms with Gasteiger partial charge in [-0.3, -0.25) is 0 Å². The molecule has 0 spiro atoms. The molecule has 0 aliphatic carbocycles. The maximum absolute atomic E-state index is 5.07. The predicted octanol–water partition coefficient (Wildman–Crippen LogP) is 1.84. The summed E-state index contributed by atoms with van der Waals surface area (Å²) in [5.74, 6) is 2.27. The fourth-order valence-electron chi connectivity index (χ4n) is 1.86. The molecule has 1 aliphatic heterocycles. The van der Waals surface area contributed by atoms with Crippen LogP contribution in [-0.4, -0.2) is 40.8 Å². The van der Waals surface area contributed by atoms with E-state index in [1.54, 1.807) is 7.11 Å². The zero-order valence-corrected chi connectivity index (χ0v) is 10.5. The summed E-state index contributed by atoms with van der Waals surface area (Å²) in [6, 6.07) is 0. The van der Waals surface area contributed by atoms with Crippen molar-refractivity contribution < 1.29 is 4.74 Å². The van der Waals surface area contributed by atoms with Gasteiger partial charge in [0.15, 0.2) is 0 Å². The Morgan fingerprint density at radius 3 is 3.38 bits per heavy atom. The number of nitrogens with zero attached hydrogens (tertiary/aromatic N) is 2. The van der Waals surface area contributed by atoms with Gasteiger partial charge in [-0.05, 0) is 18.6 Å². The van der Waals surface area contributed by atoms with Crippen LogP contribution in [0.2, 0.25) is 0 Å². The number of rotatable bonds is 6. The van der Waals surface area contributed by atoms with E-state index in [1.165, 1.54) is 18.6 Å². The molecule has 0 saturated carbocycles. The second-order valence-electron chi connectivity index (χ2n) is 3.95. The molecule has 1 fully saturated rings. The second kappa shape index (κ2) is 6.15. The second-order valence-corrected chi connectivity index (χ2v) is 5.36. The average Bonchev–Trinajstić information content (AvgIpc) is 2.94. The van der Waals surface area contributed by atoms with Gasteiger partial charge in [0.05, 0.1) is 6.61 Å². The van der Waals surface area contributed by atoms with E-state index in [-0.39, 0.29) is 0 Å². The van der Waals surface area contributed by atoms with Crippen LogP contribution in [0, 0.1) is 0 Å². The lowest BCUT2D eigenvalue weighted by atomic mass is 10.2. The van der Waals surface area contributed by atoms with Gasteiger partial charge in [-0.25, -0.2) is 4.98 Å². The summed E-state index contributed by atoms with van der Waals surface area (Å²) in [6.45, 7) is 2.61. The monoisotopic (exact) mass is 241 g/mol. The summed E-state index contributed by atoms with van der Waals surface area (Å²) in [5, 5.41) is 4.18. The van der Waals surface area contributed by atoms with Crippen molar-refractivity contribution in [1.29, 1.82) is 0 Å². The van der Waals surface area contributed by atoms with Crippen molar-refractivity contribution in [3.8, 4) is 0 Å². The fraction of sp³-hybridized carbons (Fsp3) is 0.727. The van der Waals surface area contributed by atoms with Gasteiger partial charge < -0.3 is 14.6 Å². The molecule has 0 amide bonds. The molecular formula is C11H19N3OS. The number of methoxy groups -OCH3 is 1. The standard InChI is InChI=1S/C11H19N3OS/c1-15-7-6-14-5-4-12-11(14)13-9-10-3-2-8-16-10/h4-5,10H,2-3,6-9H2,1H3,(H,12,13). The van der Waals surface area contributed by atoms with Crippen molar-refractivity contribution in [2.24, 2.45) is 0 Å². The third-order valence-corrected chi connectivity index (χ3v) is 4.16. The van der Waals surface area contributed by atoms with E-state index < -0.39 is 0 Å². The van der Waals surface area contributed by atoms with Crippen LogP contribution in [-0.2, 0) is 11.3 Å². The van der Waals surface area contributed by atoms with Crippen LogP contribution in [0.25, 0.3) is 0 Å². The van der Waals surface area contributed by atoms with Crippen molar-refractivity contribution >= 4 is 17.7 Å². The zero-order valence-electron chi connectivity index (χ0n) is 9.69. The summed E-state index contributed by atoms with van der Waals surface area (Å²) in [6.07, 6.45) is 6.51. The molecule has 16 heavy (non-hydrogen) atoms. The van der Waals surface area contributed by atoms with Gasteiger partial charge in [0.2, 0.25) is 5.95 Å². The van der Waals surface area contributed by atoms with E-state index >= 15 is 0 Å². The van der Waals surface area contributed by atoms with E-state index in [0.717, 1.165) is 30.9 Å². The van der Waals surface area contributed by atoms with Gasteiger partial charge in [0, 0.05) is 37.8 Å². The van der Waals surface area contributed by atoms with Crippen LogP contribution < -0.4 is 5.32 Å². The zero-order chi connectivity index (χ0) is 11.2. The first-order chi connectivity index (χ1) is 7.90. The maximum Gasteiger partial charge on any atom is 0.202 e. The van der Waals surface area contributed by atoms with Crippen molar-refractivity contribution in [1.82, 2.24) is 9.55 Å². The largest absolute Gasteiger partial charge is 0.383 e. The number of hydrogen-bond acceptors (Lipinski definition) is 4. The lowest BCUT2D eigenvalue weighted by Crippen LogP contribution is -2.17. The number of nitrogens with one attached hydrogen (secondary N) is 1. The smallest absolute Gasteiger partial charge is 0.202 e. The molecule has 1 N–H and O–H groups in total. The summed E-state index contributed by atoms with van der Waals surface area (Å²) in [5.41, 5.74) is 0. The molecule has 1 atom stereocenters. The molecule has 1 saturated heterocycles. The first-order valence-corrected chi connectivity index (χ1v) is 6.80. The Bertz CT molecular complexity index is 310. The predicted molar refractivity (Wildman–Crippen MR) is 68.1 cm³/mol. The number of thioether (sulfide) groups is 1. The highest BCUT2D eigenvalue weighted by Crippen LogP contribution is 2.26. The number of anilines is 1. The van der Waals surface area contributed by atoms with Crippen molar-refractivity contribution in [2.45, 2.75) is 24.6 Å². The molecule has 1 aromatic heterocycles. The van der Waals surface area contributed by atoms with Gasteiger partial charge in [-0.1, -0.05) is 0 Å². The normalized spacial score (nSPS) is 20.2. The average molecular weight is 241 g/mol. The summed E-state index contributed by atoms with van der Waals surface area (Å²) >= 11 is 2.06. The Morgan fingerprint density at radius 1 is 1.69 bits per heavy atom. The molecule has 1 unspecified atom stereocenters. The Kier molecular flexibility index (Phi) is 4.54. The summed E-state index contributed by atoms with van der Waals surface area (Å²) < 4.78 is 7.17. The molecular weight excluding hydrogens is 222 g/mol. The Morgan fingerprint density at radius 2 is 2.62 bits per heavy atom. The van der Waals surface area contributed by atoms with E-state index in [9.17, 15) is 0 Å². The van der Waals surface area contributed by atoms with Crippen molar-refractivity contribution in [3.63, 3.8) is 0 Å². The van der Waals surface area contributed by atoms with Gasteiger partial charge in [0.25, 0.3) is 0 Å². The van der Waals surface area contributed by atoms with Crippen LogP contribution in [0.1, 0.15) is 12.8 Å². The highest BCUT2D eigenvalue weighted by Gasteiger charge is 2.15. The van der Waals surface area contributed by atoms with E-state index in [2.05, 4.69) is 26.6 Å². The lowest BCUT2D eigenvalue weighted by molar-refractivity contribution is 0.187. The molecule has 1 aliphatic rings. The number of aromatic nitrogens is 2.